The minimum absolute atomic E-state index is 0. The zero-order chi connectivity index (χ0) is 13.1. The third-order valence-electron chi connectivity index (χ3n) is 2.86. The number of rotatable bonds is 3. The first kappa shape index (κ1) is 17.6. The van der Waals surface area contributed by atoms with E-state index in [1.54, 1.807) is 0 Å². The fraction of sp³-hybridized carbons (Fsp3) is 0.917. The second-order valence-corrected chi connectivity index (χ2v) is 5.64. The lowest BCUT2D eigenvalue weighted by Gasteiger charge is -2.36. The Morgan fingerprint density at radius 2 is 2.17 bits per heavy atom. The predicted molar refractivity (Wildman–Crippen MR) is 75.0 cm³/mol. The molecule has 1 amide bonds. The summed E-state index contributed by atoms with van der Waals surface area (Å²) in [7, 11) is 0. The Hall–Kier alpha value is -0.360. The van der Waals surface area contributed by atoms with E-state index in [4.69, 9.17) is 10.5 Å². The normalized spacial score (nSPS) is 23.1. The van der Waals surface area contributed by atoms with Crippen molar-refractivity contribution in [3.63, 3.8) is 0 Å². The summed E-state index contributed by atoms with van der Waals surface area (Å²) in [6, 6.07) is -0.132. The summed E-state index contributed by atoms with van der Waals surface area (Å²) in [6.45, 7) is 10.6. The molecule has 108 valence electrons. The van der Waals surface area contributed by atoms with Crippen LogP contribution in [0.2, 0.25) is 0 Å². The number of morpholine rings is 1. The number of amides is 1. The molecular formula is C12H26ClN3O2. The smallest absolute Gasteiger partial charge is 0.237 e. The van der Waals surface area contributed by atoms with Crippen LogP contribution in [-0.4, -0.2) is 54.7 Å². The number of carbonyl (C=O) groups excluding carboxylic acids is 1. The summed E-state index contributed by atoms with van der Waals surface area (Å²) in [5.74, 6) is 0.0650. The van der Waals surface area contributed by atoms with Gasteiger partial charge in [0.15, 0.2) is 0 Å². The molecular weight excluding hydrogens is 254 g/mol. The van der Waals surface area contributed by atoms with Crippen molar-refractivity contribution < 1.29 is 9.53 Å². The van der Waals surface area contributed by atoms with Crippen LogP contribution in [0.5, 0.6) is 0 Å². The summed E-state index contributed by atoms with van der Waals surface area (Å²) in [4.78, 5) is 14.2. The maximum absolute atomic E-state index is 12.0. The van der Waals surface area contributed by atoms with Gasteiger partial charge in [0.25, 0.3) is 0 Å². The molecule has 2 unspecified atom stereocenters. The third-order valence-corrected chi connectivity index (χ3v) is 2.86. The summed E-state index contributed by atoms with van der Waals surface area (Å²) < 4.78 is 5.49. The van der Waals surface area contributed by atoms with Crippen molar-refractivity contribution in [2.75, 3.05) is 26.2 Å². The molecule has 1 aliphatic heterocycles. The van der Waals surface area contributed by atoms with E-state index in [0.717, 1.165) is 13.1 Å². The van der Waals surface area contributed by atoms with Gasteiger partial charge in [-0.1, -0.05) is 0 Å². The van der Waals surface area contributed by atoms with Gasteiger partial charge in [0.1, 0.15) is 0 Å². The van der Waals surface area contributed by atoms with Crippen molar-refractivity contribution in [1.29, 1.82) is 0 Å². The van der Waals surface area contributed by atoms with Crippen LogP contribution in [0.4, 0.5) is 0 Å². The van der Waals surface area contributed by atoms with Crippen LogP contribution in [0.3, 0.4) is 0 Å². The Morgan fingerprint density at radius 1 is 1.56 bits per heavy atom. The Bertz CT molecular complexity index is 269. The quantitative estimate of drug-likeness (QED) is 0.783. The number of ether oxygens (including phenoxy) is 1. The van der Waals surface area contributed by atoms with E-state index in [1.807, 2.05) is 27.7 Å². The summed E-state index contributed by atoms with van der Waals surface area (Å²) in [6.07, 6.45) is 0.0497. The zero-order valence-electron chi connectivity index (χ0n) is 11.7. The van der Waals surface area contributed by atoms with Crippen LogP contribution < -0.4 is 11.1 Å². The first-order chi connectivity index (χ1) is 7.83. The number of nitrogens with zero attached hydrogens (tertiary/aromatic N) is 1. The van der Waals surface area contributed by atoms with Crippen LogP contribution in [0.15, 0.2) is 0 Å². The number of halogens is 1. The van der Waals surface area contributed by atoms with Gasteiger partial charge in [0, 0.05) is 25.2 Å². The number of nitrogens with two attached hydrogens (primary N) is 1. The van der Waals surface area contributed by atoms with Crippen LogP contribution >= 0.6 is 12.4 Å². The highest BCUT2D eigenvalue weighted by molar-refractivity contribution is 5.85. The van der Waals surface area contributed by atoms with Crippen LogP contribution in [-0.2, 0) is 9.53 Å². The number of hydrogen-bond acceptors (Lipinski definition) is 4. The van der Waals surface area contributed by atoms with Gasteiger partial charge < -0.3 is 15.8 Å². The van der Waals surface area contributed by atoms with E-state index in [2.05, 4.69) is 10.2 Å². The van der Waals surface area contributed by atoms with Gasteiger partial charge in [-0.2, -0.15) is 0 Å². The van der Waals surface area contributed by atoms with E-state index in [0.29, 0.717) is 13.2 Å². The highest BCUT2D eigenvalue weighted by atomic mass is 35.5. The van der Waals surface area contributed by atoms with Crippen molar-refractivity contribution in [2.24, 2.45) is 5.73 Å². The Labute approximate surface area is 116 Å². The Kier molecular flexibility index (Phi) is 7.14. The maximum atomic E-state index is 12.0. The highest BCUT2D eigenvalue weighted by Gasteiger charge is 2.28. The fourth-order valence-electron chi connectivity index (χ4n) is 1.88. The van der Waals surface area contributed by atoms with Crippen LogP contribution in [0, 0.1) is 0 Å². The average Bonchev–Trinajstić information content (AvgIpc) is 2.26. The molecule has 6 heteroatoms. The molecule has 0 bridgehead atoms. The molecule has 0 radical (unpaired) electrons. The van der Waals surface area contributed by atoms with Gasteiger partial charge >= 0.3 is 0 Å². The number of carbonyl (C=O) groups is 1. The predicted octanol–water partition coefficient (Wildman–Crippen LogP) is 0.371. The standard InChI is InChI=1S/C12H25N3O2.ClH/c1-9(11(16)14-12(2,3)4)15-5-6-17-10(7-13)8-15;/h9-10H,5-8,13H2,1-4H3,(H,14,16);1H. The molecule has 1 heterocycles. The first-order valence-corrected chi connectivity index (χ1v) is 6.21. The lowest BCUT2D eigenvalue weighted by molar-refractivity contribution is -0.130. The van der Waals surface area contributed by atoms with E-state index >= 15 is 0 Å². The van der Waals surface area contributed by atoms with E-state index in [9.17, 15) is 4.79 Å². The van der Waals surface area contributed by atoms with Gasteiger partial charge in [0.2, 0.25) is 5.91 Å². The molecule has 5 nitrogen and oxygen atoms in total. The van der Waals surface area contributed by atoms with Gasteiger partial charge in [0.05, 0.1) is 18.8 Å². The second kappa shape index (κ2) is 7.28. The van der Waals surface area contributed by atoms with Crippen molar-refractivity contribution >= 4 is 18.3 Å². The molecule has 18 heavy (non-hydrogen) atoms. The van der Waals surface area contributed by atoms with Crippen molar-refractivity contribution in [3.8, 4) is 0 Å². The topological polar surface area (TPSA) is 67.6 Å². The SMILES string of the molecule is CC(C(=O)NC(C)(C)C)N1CCOC(CN)C1.Cl. The Balaban J connectivity index is 0.00000289. The molecule has 1 rings (SSSR count). The van der Waals surface area contributed by atoms with Crippen LogP contribution in [0.25, 0.3) is 0 Å². The molecule has 0 spiro atoms. The summed E-state index contributed by atoms with van der Waals surface area (Å²) in [5, 5.41) is 3.00. The van der Waals surface area contributed by atoms with Crippen molar-refractivity contribution in [2.45, 2.75) is 45.4 Å². The second-order valence-electron chi connectivity index (χ2n) is 5.64. The number of nitrogens with one attached hydrogen (secondary N) is 1. The van der Waals surface area contributed by atoms with Crippen molar-refractivity contribution in [1.82, 2.24) is 10.2 Å². The van der Waals surface area contributed by atoms with Gasteiger partial charge in [-0.25, -0.2) is 0 Å². The molecule has 0 aromatic heterocycles. The molecule has 2 atom stereocenters. The monoisotopic (exact) mass is 279 g/mol. The van der Waals surface area contributed by atoms with Crippen LogP contribution in [0.1, 0.15) is 27.7 Å². The van der Waals surface area contributed by atoms with E-state index in [1.165, 1.54) is 0 Å². The lowest BCUT2D eigenvalue weighted by Crippen LogP contribution is -2.56. The largest absolute Gasteiger partial charge is 0.374 e. The van der Waals surface area contributed by atoms with Gasteiger partial charge in [-0.15, -0.1) is 12.4 Å². The van der Waals surface area contributed by atoms with Gasteiger partial charge in [-0.05, 0) is 27.7 Å². The molecule has 3 N–H and O–H groups in total. The minimum atomic E-state index is -0.190. The maximum Gasteiger partial charge on any atom is 0.237 e. The first-order valence-electron chi connectivity index (χ1n) is 6.21. The molecule has 0 saturated carbocycles. The molecule has 0 aromatic carbocycles. The summed E-state index contributed by atoms with van der Waals surface area (Å²) in [5.41, 5.74) is 5.40. The molecule has 1 fully saturated rings. The Morgan fingerprint density at radius 3 is 2.67 bits per heavy atom. The van der Waals surface area contributed by atoms with E-state index in [-0.39, 0.29) is 36.0 Å². The highest BCUT2D eigenvalue weighted by Crippen LogP contribution is 2.10. The minimum Gasteiger partial charge on any atom is -0.374 e. The molecule has 1 aliphatic rings. The summed E-state index contributed by atoms with van der Waals surface area (Å²) >= 11 is 0. The third kappa shape index (κ3) is 5.52. The lowest BCUT2D eigenvalue weighted by atomic mass is 10.1. The fourth-order valence-corrected chi connectivity index (χ4v) is 1.88. The number of hydrogen-bond donors (Lipinski definition) is 2. The molecule has 1 saturated heterocycles. The van der Waals surface area contributed by atoms with Gasteiger partial charge in [-0.3, -0.25) is 9.69 Å². The molecule has 0 aliphatic carbocycles. The average molecular weight is 280 g/mol. The van der Waals surface area contributed by atoms with Crippen molar-refractivity contribution in [3.05, 3.63) is 0 Å². The van der Waals surface area contributed by atoms with E-state index < -0.39 is 0 Å². The zero-order valence-corrected chi connectivity index (χ0v) is 12.5. The molecule has 0 aromatic rings.